The summed E-state index contributed by atoms with van der Waals surface area (Å²) in [6, 6.07) is 13.8. The minimum atomic E-state index is -0.205. The zero-order chi connectivity index (χ0) is 18.2. The van der Waals surface area contributed by atoms with E-state index in [4.69, 9.17) is 12.2 Å². The lowest BCUT2D eigenvalue weighted by molar-refractivity contribution is -0.897. The maximum atomic E-state index is 12.2. The molecule has 1 amide bonds. The van der Waals surface area contributed by atoms with Crippen LogP contribution in [0, 0.1) is 0 Å². The van der Waals surface area contributed by atoms with Gasteiger partial charge in [0.2, 0.25) is 0 Å². The highest BCUT2D eigenvalue weighted by atomic mass is 32.1. The Morgan fingerprint density at radius 1 is 1.19 bits per heavy atom. The molecule has 1 aliphatic rings. The number of thiocarbonyl (C=S) groups is 1. The lowest BCUT2D eigenvalue weighted by Gasteiger charge is -2.33. The van der Waals surface area contributed by atoms with E-state index in [-0.39, 0.29) is 5.91 Å². The Morgan fingerprint density at radius 2 is 1.96 bits per heavy atom. The van der Waals surface area contributed by atoms with E-state index >= 15 is 0 Å². The molecule has 1 aromatic heterocycles. The number of hydrogen-bond donors (Lipinski definition) is 2. The van der Waals surface area contributed by atoms with Crippen molar-refractivity contribution in [1.29, 1.82) is 0 Å². The van der Waals surface area contributed by atoms with Crippen LogP contribution in [0.15, 0.2) is 60.9 Å². The van der Waals surface area contributed by atoms with Crippen LogP contribution < -0.4 is 10.2 Å². The summed E-state index contributed by atoms with van der Waals surface area (Å²) in [5.41, 5.74) is 1.75. The molecule has 1 aliphatic heterocycles. The second-order valence-electron chi connectivity index (χ2n) is 6.26. The number of nitrogens with zero attached hydrogens (tertiary/aromatic N) is 2. The van der Waals surface area contributed by atoms with E-state index in [1.807, 2.05) is 18.2 Å². The maximum Gasteiger partial charge on any atom is 0.258 e. The van der Waals surface area contributed by atoms with E-state index in [2.05, 4.69) is 39.5 Å². The first-order valence-electron chi connectivity index (χ1n) is 8.78. The smallest absolute Gasteiger partial charge is 0.258 e. The number of amides is 1. The highest BCUT2D eigenvalue weighted by Crippen LogP contribution is 2.00. The van der Waals surface area contributed by atoms with E-state index in [9.17, 15) is 4.79 Å². The van der Waals surface area contributed by atoms with Crippen LogP contribution in [0.1, 0.15) is 15.9 Å². The second kappa shape index (κ2) is 9.22. The fourth-order valence-corrected chi connectivity index (χ4v) is 3.18. The standard InChI is InChI=1S/C20H22N4OS/c25-19(18-9-4-10-21-16-18)22-20(26)24-14-12-23(13-15-24)11-5-8-17-6-2-1-3-7-17/h1-10,16H,11-15H2,(H,22,25,26)/p+1/b8-5+. The van der Waals surface area contributed by atoms with Gasteiger partial charge >= 0.3 is 0 Å². The molecule has 134 valence electrons. The third-order valence-corrected chi connectivity index (χ3v) is 4.78. The first kappa shape index (κ1) is 18.2. The fraction of sp³-hybridized carbons (Fsp3) is 0.250. The molecule has 2 heterocycles. The molecule has 0 atom stereocenters. The number of benzene rings is 1. The summed E-state index contributed by atoms with van der Waals surface area (Å²) in [5, 5.41) is 3.30. The molecule has 1 fully saturated rings. The molecule has 5 nitrogen and oxygen atoms in total. The van der Waals surface area contributed by atoms with Crippen LogP contribution >= 0.6 is 12.2 Å². The molecule has 0 radical (unpaired) electrons. The van der Waals surface area contributed by atoms with Gasteiger partial charge in [0, 0.05) is 12.4 Å². The highest BCUT2D eigenvalue weighted by molar-refractivity contribution is 7.80. The normalized spacial score (nSPS) is 15.2. The van der Waals surface area contributed by atoms with Gasteiger partial charge in [0.25, 0.3) is 5.91 Å². The SMILES string of the molecule is O=C(NC(=S)N1CC[NH+](C/C=C/c2ccccc2)CC1)c1cccnc1. The van der Waals surface area contributed by atoms with E-state index in [1.165, 1.54) is 10.5 Å². The average Bonchev–Trinajstić information content (AvgIpc) is 2.70. The third kappa shape index (κ3) is 5.21. The van der Waals surface area contributed by atoms with E-state index in [1.54, 1.807) is 24.5 Å². The van der Waals surface area contributed by atoms with Crippen LogP contribution in [0.2, 0.25) is 0 Å². The lowest BCUT2D eigenvalue weighted by Crippen LogP contribution is -3.14. The highest BCUT2D eigenvalue weighted by Gasteiger charge is 2.22. The van der Waals surface area contributed by atoms with Gasteiger partial charge < -0.3 is 9.80 Å². The van der Waals surface area contributed by atoms with Crippen LogP contribution in [0.25, 0.3) is 6.08 Å². The number of rotatable bonds is 4. The predicted octanol–water partition coefficient (Wildman–Crippen LogP) is 1.01. The molecule has 6 heteroatoms. The number of hydrogen-bond acceptors (Lipinski definition) is 3. The summed E-state index contributed by atoms with van der Waals surface area (Å²) in [6.45, 7) is 4.70. The average molecular weight is 367 g/mol. The van der Waals surface area contributed by atoms with Crippen molar-refractivity contribution >= 4 is 29.3 Å². The van der Waals surface area contributed by atoms with E-state index in [0.29, 0.717) is 10.7 Å². The first-order chi connectivity index (χ1) is 12.7. The van der Waals surface area contributed by atoms with Crippen molar-refractivity contribution in [2.75, 3.05) is 32.7 Å². The number of pyridine rings is 1. The third-order valence-electron chi connectivity index (χ3n) is 4.42. The number of aromatic nitrogens is 1. The Bertz CT molecular complexity index is 756. The van der Waals surface area contributed by atoms with Crippen molar-refractivity contribution < 1.29 is 9.69 Å². The Morgan fingerprint density at radius 3 is 2.65 bits per heavy atom. The second-order valence-corrected chi connectivity index (χ2v) is 6.64. The largest absolute Gasteiger partial charge is 0.338 e. The van der Waals surface area contributed by atoms with Gasteiger partial charge in [0.1, 0.15) is 0 Å². The Balaban J connectivity index is 1.42. The molecule has 3 rings (SSSR count). The molecule has 1 saturated heterocycles. The van der Waals surface area contributed by atoms with Gasteiger partial charge in [-0.05, 0) is 36.0 Å². The van der Waals surface area contributed by atoms with Crippen molar-refractivity contribution in [3.05, 3.63) is 72.1 Å². The van der Waals surface area contributed by atoms with E-state index in [0.717, 1.165) is 32.7 Å². The van der Waals surface area contributed by atoms with Gasteiger partial charge in [-0.25, -0.2) is 0 Å². The summed E-state index contributed by atoms with van der Waals surface area (Å²) in [5.74, 6) is -0.205. The lowest BCUT2D eigenvalue weighted by atomic mass is 10.2. The molecule has 1 aromatic carbocycles. The summed E-state index contributed by atoms with van der Waals surface area (Å²) < 4.78 is 0. The summed E-state index contributed by atoms with van der Waals surface area (Å²) in [6.07, 6.45) is 7.57. The van der Waals surface area contributed by atoms with Crippen molar-refractivity contribution in [2.24, 2.45) is 0 Å². The van der Waals surface area contributed by atoms with Crippen LogP contribution in [0.3, 0.4) is 0 Å². The molecule has 2 N–H and O–H groups in total. The molecule has 0 saturated carbocycles. The molecule has 26 heavy (non-hydrogen) atoms. The summed E-state index contributed by atoms with van der Waals surface area (Å²) in [4.78, 5) is 19.7. The molecular weight excluding hydrogens is 344 g/mol. The van der Waals surface area contributed by atoms with Gasteiger partial charge in [-0.15, -0.1) is 0 Å². The van der Waals surface area contributed by atoms with Gasteiger partial charge in [-0.3, -0.25) is 15.1 Å². The number of piperazine rings is 1. The van der Waals surface area contributed by atoms with Crippen molar-refractivity contribution in [3.63, 3.8) is 0 Å². The molecular formula is C20H23N4OS+. The van der Waals surface area contributed by atoms with Gasteiger partial charge in [0.15, 0.2) is 5.11 Å². The Kier molecular flexibility index (Phi) is 6.46. The van der Waals surface area contributed by atoms with Gasteiger partial charge in [-0.2, -0.15) is 0 Å². The molecule has 0 bridgehead atoms. The van der Waals surface area contributed by atoms with Crippen LogP contribution in [-0.4, -0.2) is 53.6 Å². The fourth-order valence-electron chi connectivity index (χ4n) is 2.90. The van der Waals surface area contributed by atoms with Crippen LogP contribution in [-0.2, 0) is 0 Å². The predicted molar refractivity (Wildman–Crippen MR) is 107 cm³/mol. The number of carbonyl (C=O) groups is 1. The molecule has 0 spiro atoms. The molecule has 0 unspecified atom stereocenters. The van der Waals surface area contributed by atoms with Crippen molar-refractivity contribution in [1.82, 2.24) is 15.2 Å². The Hall–Kier alpha value is -2.57. The number of nitrogens with one attached hydrogen (secondary N) is 2. The topological polar surface area (TPSA) is 49.7 Å². The zero-order valence-electron chi connectivity index (χ0n) is 14.6. The van der Waals surface area contributed by atoms with Gasteiger partial charge in [-0.1, -0.05) is 36.4 Å². The quantitative estimate of drug-likeness (QED) is 0.792. The minimum Gasteiger partial charge on any atom is -0.338 e. The van der Waals surface area contributed by atoms with Crippen LogP contribution in [0.4, 0.5) is 0 Å². The molecule has 0 aliphatic carbocycles. The van der Waals surface area contributed by atoms with Crippen molar-refractivity contribution in [2.45, 2.75) is 0 Å². The number of carbonyl (C=O) groups excluding carboxylic acids is 1. The Labute approximate surface area is 159 Å². The first-order valence-corrected chi connectivity index (χ1v) is 9.18. The zero-order valence-corrected chi connectivity index (χ0v) is 15.4. The monoisotopic (exact) mass is 367 g/mol. The van der Waals surface area contributed by atoms with Gasteiger partial charge in [0.05, 0.1) is 38.3 Å². The van der Waals surface area contributed by atoms with Crippen molar-refractivity contribution in [3.8, 4) is 0 Å². The van der Waals surface area contributed by atoms with Crippen LogP contribution in [0.5, 0.6) is 0 Å². The van der Waals surface area contributed by atoms with E-state index < -0.39 is 0 Å². The number of quaternary nitrogens is 1. The summed E-state index contributed by atoms with van der Waals surface area (Å²) >= 11 is 5.39. The summed E-state index contributed by atoms with van der Waals surface area (Å²) in [7, 11) is 0. The minimum absolute atomic E-state index is 0.205. The maximum absolute atomic E-state index is 12.2. The molecule has 2 aromatic rings.